The van der Waals surface area contributed by atoms with E-state index in [1.54, 1.807) is 12.1 Å². The number of halogens is 1. The largest absolute Gasteiger partial charge is 0.352 e. The van der Waals surface area contributed by atoms with E-state index in [0.717, 1.165) is 29.1 Å². The Hall–Kier alpha value is -2.43. The van der Waals surface area contributed by atoms with E-state index < -0.39 is 0 Å². The monoisotopic (exact) mass is 365 g/mol. The number of carbonyl (C=O) groups excluding carboxylic acids is 1. The summed E-state index contributed by atoms with van der Waals surface area (Å²) in [5, 5.41) is 7.75. The lowest BCUT2D eigenvalue weighted by Crippen LogP contribution is -2.33. The molecular formula is C22H24FN3O. The average Bonchev–Trinajstić information content (AvgIpc) is 3.24. The van der Waals surface area contributed by atoms with Crippen LogP contribution in [0.15, 0.2) is 36.4 Å². The second kappa shape index (κ2) is 5.78. The molecule has 1 aromatic carbocycles. The standard InChI is InChI=1S/C22H24FN3O/c1-13-19(14(2)26(25-13)17-6-4-16(23)5-7-17)12-24-21(27)18-11-15-3-8-20(18)22(15)9-10-22/h3-8,15,18,20H,9-12H2,1-2H3,(H,24,27). The number of benzene rings is 1. The summed E-state index contributed by atoms with van der Waals surface area (Å²) in [5.41, 5.74) is 4.16. The van der Waals surface area contributed by atoms with E-state index in [2.05, 4.69) is 22.6 Å². The van der Waals surface area contributed by atoms with Gasteiger partial charge < -0.3 is 5.32 Å². The number of allylic oxidation sites excluding steroid dienone is 2. The zero-order chi connectivity index (χ0) is 18.8. The first-order chi connectivity index (χ1) is 13.0. The number of aryl methyl sites for hydroxylation is 1. The first-order valence-electron chi connectivity index (χ1n) is 9.77. The summed E-state index contributed by atoms with van der Waals surface area (Å²) >= 11 is 0. The highest BCUT2D eigenvalue weighted by Gasteiger charge is 2.63. The predicted molar refractivity (Wildman–Crippen MR) is 101 cm³/mol. The van der Waals surface area contributed by atoms with Gasteiger partial charge in [-0.25, -0.2) is 9.07 Å². The van der Waals surface area contributed by atoms with Gasteiger partial charge >= 0.3 is 0 Å². The molecule has 1 heterocycles. The van der Waals surface area contributed by atoms with Crippen molar-refractivity contribution in [3.8, 4) is 5.69 Å². The van der Waals surface area contributed by atoms with Crippen LogP contribution in [0.4, 0.5) is 4.39 Å². The third kappa shape index (κ3) is 2.47. The van der Waals surface area contributed by atoms with E-state index in [-0.39, 0.29) is 17.6 Å². The van der Waals surface area contributed by atoms with Crippen molar-refractivity contribution in [1.29, 1.82) is 0 Å². The topological polar surface area (TPSA) is 46.9 Å². The number of hydrogen-bond acceptors (Lipinski definition) is 2. The van der Waals surface area contributed by atoms with E-state index >= 15 is 0 Å². The molecule has 1 aromatic heterocycles. The number of amides is 1. The Balaban J connectivity index is 1.31. The molecule has 140 valence electrons. The fraction of sp³-hybridized carbons (Fsp3) is 0.455. The fourth-order valence-electron chi connectivity index (χ4n) is 5.34. The molecule has 3 atom stereocenters. The van der Waals surface area contributed by atoms with Crippen molar-refractivity contribution in [3.05, 3.63) is 59.2 Å². The lowest BCUT2D eigenvalue weighted by molar-refractivity contribution is -0.126. The summed E-state index contributed by atoms with van der Waals surface area (Å²) < 4.78 is 15.0. The summed E-state index contributed by atoms with van der Waals surface area (Å²) in [6.45, 7) is 4.43. The molecule has 1 amide bonds. The number of hydrogen-bond donors (Lipinski definition) is 1. The maximum Gasteiger partial charge on any atom is 0.224 e. The minimum absolute atomic E-state index is 0.121. The number of nitrogens with zero attached hydrogens (tertiary/aromatic N) is 2. The van der Waals surface area contributed by atoms with Crippen LogP contribution in [0.25, 0.3) is 5.69 Å². The first-order valence-corrected chi connectivity index (χ1v) is 9.77. The molecule has 4 nitrogen and oxygen atoms in total. The van der Waals surface area contributed by atoms with Crippen LogP contribution in [0.1, 0.15) is 36.2 Å². The van der Waals surface area contributed by atoms with Gasteiger partial charge in [-0.1, -0.05) is 12.2 Å². The summed E-state index contributed by atoms with van der Waals surface area (Å²) in [7, 11) is 0. The van der Waals surface area contributed by atoms with Gasteiger partial charge in [-0.15, -0.1) is 0 Å². The van der Waals surface area contributed by atoms with Gasteiger partial charge in [-0.3, -0.25) is 4.79 Å². The molecule has 5 heteroatoms. The van der Waals surface area contributed by atoms with Crippen LogP contribution < -0.4 is 5.32 Å². The van der Waals surface area contributed by atoms with Crippen LogP contribution in [0.3, 0.4) is 0 Å². The highest BCUT2D eigenvalue weighted by atomic mass is 19.1. The molecule has 0 saturated heterocycles. The van der Waals surface area contributed by atoms with Crippen molar-refractivity contribution < 1.29 is 9.18 Å². The predicted octanol–water partition coefficient (Wildman–Crippen LogP) is 3.85. The SMILES string of the molecule is Cc1nn(-c2ccc(F)cc2)c(C)c1CNC(=O)C1CC2C=CC1C21CC1. The van der Waals surface area contributed by atoms with Gasteiger partial charge in [-0.2, -0.15) is 5.10 Å². The molecule has 2 fully saturated rings. The van der Waals surface area contributed by atoms with E-state index in [1.807, 2.05) is 18.5 Å². The average molecular weight is 365 g/mol. The number of rotatable bonds is 4. The molecule has 5 rings (SSSR count). The van der Waals surface area contributed by atoms with Gasteiger partial charge in [-0.05, 0) is 74.6 Å². The van der Waals surface area contributed by atoms with Crippen LogP contribution in [-0.2, 0) is 11.3 Å². The van der Waals surface area contributed by atoms with Crippen LogP contribution in [0.5, 0.6) is 0 Å². The van der Waals surface area contributed by atoms with E-state index in [9.17, 15) is 9.18 Å². The molecule has 1 N–H and O–H groups in total. The normalized spacial score (nSPS) is 26.7. The summed E-state index contributed by atoms with van der Waals surface area (Å²) in [4.78, 5) is 12.8. The second-order valence-corrected chi connectivity index (χ2v) is 8.35. The Morgan fingerprint density at radius 3 is 2.67 bits per heavy atom. The lowest BCUT2D eigenvalue weighted by atomic mass is 9.88. The molecule has 2 saturated carbocycles. The molecule has 3 unspecified atom stereocenters. The third-order valence-electron chi connectivity index (χ3n) is 7.01. The number of nitrogens with one attached hydrogen (secondary N) is 1. The van der Waals surface area contributed by atoms with E-state index in [0.29, 0.717) is 23.8 Å². The zero-order valence-corrected chi connectivity index (χ0v) is 15.7. The maximum absolute atomic E-state index is 13.2. The van der Waals surface area contributed by atoms with Gasteiger partial charge in [0, 0.05) is 23.7 Å². The number of aromatic nitrogens is 2. The summed E-state index contributed by atoms with van der Waals surface area (Å²) in [6.07, 6.45) is 8.18. The minimum Gasteiger partial charge on any atom is -0.352 e. The highest BCUT2D eigenvalue weighted by Crippen LogP contribution is 2.70. The second-order valence-electron chi connectivity index (χ2n) is 8.35. The Labute approximate surface area is 158 Å². The fourth-order valence-corrected chi connectivity index (χ4v) is 5.34. The summed E-state index contributed by atoms with van der Waals surface area (Å²) in [5.74, 6) is 1.08. The van der Waals surface area contributed by atoms with Crippen molar-refractivity contribution in [3.63, 3.8) is 0 Å². The molecule has 2 aromatic rings. The van der Waals surface area contributed by atoms with Crippen molar-refractivity contribution in [2.75, 3.05) is 0 Å². The highest BCUT2D eigenvalue weighted by molar-refractivity contribution is 5.80. The molecule has 2 bridgehead atoms. The zero-order valence-electron chi connectivity index (χ0n) is 15.7. The quantitative estimate of drug-likeness (QED) is 0.837. The van der Waals surface area contributed by atoms with Gasteiger partial charge in [0.25, 0.3) is 0 Å². The molecule has 27 heavy (non-hydrogen) atoms. The van der Waals surface area contributed by atoms with Crippen molar-refractivity contribution >= 4 is 5.91 Å². The number of carbonyl (C=O) groups is 1. The molecule has 1 spiro atoms. The van der Waals surface area contributed by atoms with Gasteiger partial charge in [0.2, 0.25) is 5.91 Å². The summed E-state index contributed by atoms with van der Waals surface area (Å²) in [6, 6.07) is 6.30. The minimum atomic E-state index is -0.263. The van der Waals surface area contributed by atoms with E-state index in [4.69, 9.17) is 0 Å². The molecular weight excluding hydrogens is 341 g/mol. The van der Waals surface area contributed by atoms with Crippen LogP contribution in [-0.4, -0.2) is 15.7 Å². The Morgan fingerprint density at radius 2 is 2.00 bits per heavy atom. The molecule has 0 aliphatic heterocycles. The lowest BCUT2D eigenvalue weighted by Gasteiger charge is -2.19. The van der Waals surface area contributed by atoms with E-state index in [1.165, 1.54) is 25.0 Å². The smallest absolute Gasteiger partial charge is 0.224 e. The van der Waals surface area contributed by atoms with Crippen LogP contribution in [0.2, 0.25) is 0 Å². The third-order valence-corrected chi connectivity index (χ3v) is 7.01. The molecule has 3 aliphatic rings. The van der Waals surface area contributed by atoms with Crippen molar-refractivity contribution in [2.24, 2.45) is 23.2 Å². The Morgan fingerprint density at radius 1 is 1.26 bits per heavy atom. The van der Waals surface area contributed by atoms with Gasteiger partial charge in [0.1, 0.15) is 5.82 Å². The van der Waals surface area contributed by atoms with Crippen molar-refractivity contribution in [2.45, 2.75) is 39.7 Å². The van der Waals surface area contributed by atoms with Gasteiger partial charge in [0.15, 0.2) is 0 Å². The first kappa shape index (κ1) is 16.7. The molecule has 3 aliphatic carbocycles. The molecule has 0 radical (unpaired) electrons. The Kier molecular flexibility index (Phi) is 3.58. The Bertz CT molecular complexity index is 939. The van der Waals surface area contributed by atoms with Crippen molar-refractivity contribution in [1.82, 2.24) is 15.1 Å². The van der Waals surface area contributed by atoms with Crippen LogP contribution >= 0.6 is 0 Å². The maximum atomic E-state index is 13.2. The van der Waals surface area contributed by atoms with Gasteiger partial charge in [0.05, 0.1) is 11.4 Å². The van der Waals surface area contributed by atoms with Crippen LogP contribution in [0, 0.1) is 42.8 Å².